The van der Waals surface area contributed by atoms with Gasteiger partial charge in [0.25, 0.3) is 5.91 Å². The minimum Gasteiger partial charge on any atom is -0.490 e. The molecule has 2 amide bonds. The summed E-state index contributed by atoms with van der Waals surface area (Å²) in [5, 5.41) is 3.21. The summed E-state index contributed by atoms with van der Waals surface area (Å²) in [5.74, 6) is 0.877. The van der Waals surface area contributed by atoms with Crippen LogP contribution in [0.5, 0.6) is 11.5 Å². The smallest absolute Gasteiger partial charge is 0.254 e. The highest BCUT2D eigenvalue weighted by Gasteiger charge is 2.46. The van der Waals surface area contributed by atoms with Crippen LogP contribution in [0.15, 0.2) is 36.4 Å². The molecule has 2 atom stereocenters. The van der Waals surface area contributed by atoms with E-state index < -0.39 is 5.92 Å². The Labute approximate surface area is 213 Å². The van der Waals surface area contributed by atoms with Crippen LogP contribution < -0.4 is 14.8 Å². The average molecular weight is 492 g/mol. The van der Waals surface area contributed by atoms with Crippen molar-refractivity contribution in [3.8, 4) is 11.5 Å². The van der Waals surface area contributed by atoms with Crippen LogP contribution in [0.2, 0.25) is 0 Å². The van der Waals surface area contributed by atoms with Gasteiger partial charge in [0.05, 0.1) is 25.2 Å². The van der Waals surface area contributed by atoms with E-state index in [2.05, 4.69) is 10.2 Å². The zero-order valence-corrected chi connectivity index (χ0v) is 21.4. The Kier molecular flexibility index (Phi) is 7.46. The van der Waals surface area contributed by atoms with Gasteiger partial charge in [0, 0.05) is 18.7 Å². The van der Waals surface area contributed by atoms with E-state index in [1.807, 2.05) is 55.1 Å². The van der Waals surface area contributed by atoms with Gasteiger partial charge in [0.2, 0.25) is 5.91 Å². The standard InChI is InChI=1S/C29H37N3O4/c1-3-35-24-18-20-12-17-32-27(23(20)19-25(24)36-4-2)26(21-10-5-6-11-22(21)29(32)34)28(33)30-13-9-16-31-14-7-8-15-31/h5-6,10-11,18-19,26-27H,3-4,7-9,12-17H2,1-2H3,(H,30,33)/t26-,27-/m0/s1. The Morgan fingerprint density at radius 2 is 1.72 bits per heavy atom. The van der Waals surface area contributed by atoms with E-state index in [0.29, 0.717) is 37.6 Å². The lowest BCUT2D eigenvalue weighted by Crippen LogP contribution is -2.50. The third kappa shape index (κ3) is 4.69. The Bertz CT molecular complexity index is 1110. The highest BCUT2D eigenvalue weighted by Crippen LogP contribution is 2.48. The molecular weight excluding hydrogens is 454 g/mol. The number of nitrogens with one attached hydrogen (secondary N) is 1. The lowest BCUT2D eigenvalue weighted by atomic mass is 9.75. The van der Waals surface area contributed by atoms with Gasteiger partial charge in [-0.05, 0) is 94.1 Å². The third-order valence-electron chi connectivity index (χ3n) is 7.62. The van der Waals surface area contributed by atoms with E-state index in [0.717, 1.165) is 54.9 Å². The van der Waals surface area contributed by atoms with Crippen LogP contribution in [0.3, 0.4) is 0 Å². The summed E-state index contributed by atoms with van der Waals surface area (Å²) in [5.41, 5.74) is 3.53. The van der Waals surface area contributed by atoms with E-state index in [-0.39, 0.29) is 17.9 Å². The first-order valence-corrected chi connectivity index (χ1v) is 13.4. The van der Waals surface area contributed by atoms with Gasteiger partial charge < -0.3 is 24.6 Å². The van der Waals surface area contributed by atoms with Gasteiger partial charge in [0.15, 0.2) is 11.5 Å². The number of ether oxygens (including phenoxy) is 2. The zero-order chi connectivity index (χ0) is 25.1. The molecule has 2 aromatic carbocycles. The number of likely N-dealkylation sites (tertiary alicyclic amines) is 1. The molecule has 1 fully saturated rings. The number of nitrogens with zero attached hydrogens (tertiary/aromatic N) is 2. The number of carbonyl (C=O) groups excluding carboxylic acids is 2. The van der Waals surface area contributed by atoms with Gasteiger partial charge in [-0.15, -0.1) is 0 Å². The van der Waals surface area contributed by atoms with Gasteiger partial charge in [-0.2, -0.15) is 0 Å². The van der Waals surface area contributed by atoms with E-state index in [9.17, 15) is 9.59 Å². The van der Waals surface area contributed by atoms with Crippen LogP contribution in [0.4, 0.5) is 0 Å². The molecule has 0 saturated carbocycles. The second-order valence-corrected chi connectivity index (χ2v) is 9.82. The van der Waals surface area contributed by atoms with Crippen molar-refractivity contribution < 1.29 is 19.1 Å². The summed E-state index contributed by atoms with van der Waals surface area (Å²) in [6.45, 7) is 9.49. The van der Waals surface area contributed by atoms with Crippen molar-refractivity contribution in [3.63, 3.8) is 0 Å². The lowest BCUT2D eigenvalue weighted by Gasteiger charge is -2.45. The molecule has 1 N–H and O–H groups in total. The van der Waals surface area contributed by atoms with Crippen LogP contribution in [0.1, 0.15) is 72.1 Å². The first kappa shape index (κ1) is 24.6. The van der Waals surface area contributed by atoms with Crippen LogP contribution >= 0.6 is 0 Å². The van der Waals surface area contributed by atoms with Crippen molar-refractivity contribution in [2.45, 2.75) is 51.5 Å². The summed E-state index contributed by atoms with van der Waals surface area (Å²) in [4.78, 5) is 31.7. The van der Waals surface area contributed by atoms with Crippen molar-refractivity contribution in [2.24, 2.45) is 0 Å². The zero-order valence-electron chi connectivity index (χ0n) is 21.4. The molecule has 0 aliphatic carbocycles. The van der Waals surface area contributed by atoms with Crippen molar-refractivity contribution >= 4 is 11.8 Å². The van der Waals surface area contributed by atoms with Gasteiger partial charge in [0.1, 0.15) is 0 Å². The molecule has 3 heterocycles. The Balaban J connectivity index is 1.47. The quantitative estimate of drug-likeness (QED) is 0.539. The number of fused-ring (bicyclic) bond motifs is 4. The largest absolute Gasteiger partial charge is 0.490 e. The molecule has 0 spiro atoms. The number of hydrogen-bond donors (Lipinski definition) is 1. The first-order chi connectivity index (χ1) is 17.6. The molecule has 2 aromatic rings. The van der Waals surface area contributed by atoms with Gasteiger partial charge in [-0.1, -0.05) is 18.2 Å². The molecule has 0 unspecified atom stereocenters. The predicted octanol–water partition coefficient (Wildman–Crippen LogP) is 3.92. The number of amides is 2. The molecule has 1 saturated heterocycles. The fourth-order valence-electron chi connectivity index (χ4n) is 5.98. The monoisotopic (exact) mass is 491 g/mol. The third-order valence-corrected chi connectivity index (χ3v) is 7.62. The predicted molar refractivity (Wildman–Crippen MR) is 139 cm³/mol. The van der Waals surface area contributed by atoms with Crippen LogP contribution in [-0.4, -0.2) is 67.6 Å². The maximum Gasteiger partial charge on any atom is 0.254 e. The molecule has 5 rings (SSSR count). The minimum absolute atomic E-state index is 0.00817. The summed E-state index contributed by atoms with van der Waals surface area (Å²) < 4.78 is 11.8. The van der Waals surface area contributed by atoms with Gasteiger partial charge in [-0.3, -0.25) is 9.59 Å². The summed E-state index contributed by atoms with van der Waals surface area (Å²) in [6.07, 6.45) is 4.18. The van der Waals surface area contributed by atoms with Gasteiger partial charge in [-0.25, -0.2) is 0 Å². The van der Waals surface area contributed by atoms with Crippen molar-refractivity contribution in [1.82, 2.24) is 15.1 Å². The van der Waals surface area contributed by atoms with Crippen molar-refractivity contribution in [3.05, 3.63) is 58.7 Å². The van der Waals surface area contributed by atoms with Crippen LogP contribution in [-0.2, 0) is 11.2 Å². The molecule has 7 nitrogen and oxygen atoms in total. The Morgan fingerprint density at radius 3 is 2.47 bits per heavy atom. The lowest BCUT2D eigenvalue weighted by molar-refractivity contribution is -0.124. The average Bonchev–Trinajstić information content (AvgIpc) is 3.41. The van der Waals surface area contributed by atoms with E-state index in [4.69, 9.17) is 9.47 Å². The fraction of sp³-hybridized carbons (Fsp3) is 0.517. The summed E-state index contributed by atoms with van der Waals surface area (Å²) >= 11 is 0. The molecule has 0 bridgehead atoms. The van der Waals surface area contributed by atoms with Gasteiger partial charge >= 0.3 is 0 Å². The minimum atomic E-state index is -0.475. The Morgan fingerprint density at radius 1 is 1.00 bits per heavy atom. The summed E-state index contributed by atoms with van der Waals surface area (Å²) in [6, 6.07) is 11.2. The molecule has 3 aliphatic heterocycles. The maximum atomic E-state index is 13.8. The SMILES string of the molecule is CCOc1cc2c(cc1OCC)[C@H]1[C@@H](C(=O)NCCCN3CCCC3)c3ccccc3C(=O)N1CC2. The normalized spacial score (nSPS) is 20.9. The molecule has 0 radical (unpaired) electrons. The van der Waals surface area contributed by atoms with E-state index in [1.54, 1.807) is 0 Å². The fourth-order valence-corrected chi connectivity index (χ4v) is 5.98. The van der Waals surface area contributed by atoms with E-state index in [1.165, 1.54) is 12.8 Å². The first-order valence-electron chi connectivity index (χ1n) is 13.4. The second kappa shape index (κ2) is 10.9. The van der Waals surface area contributed by atoms with Crippen LogP contribution in [0, 0.1) is 0 Å². The number of hydrogen-bond acceptors (Lipinski definition) is 5. The second-order valence-electron chi connectivity index (χ2n) is 9.82. The molecule has 7 heteroatoms. The number of benzene rings is 2. The highest BCUT2D eigenvalue weighted by molar-refractivity contribution is 6.01. The maximum absolute atomic E-state index is 13.8. The number of rotatable bonds is 9. The highest BCUT2D eigenvalue weighted by atomic mass is 16.5. The number of carbonyl (C=O) groups is 2. The molecular formula is C29H37N3O4. The van der Waals surface area contributed by atoms with E-state index >= 15 is 0 Å². The molecule has 36 heavy (non-hydrogen) atoms. The van der Waals surface area contributed by atoms with Crippen LogP contribution in [0.25, 0.3) is 0 Å². The Hall–Kier alpha value is -3.06. The molecule has 3 aliphatic rings. The molecule has 0 aromatic heterocycles. The van der Waals surface area contributed by atoms with Crippen molar-refractivity contribution in [2.75, 3.05) is 45.9 Å². The topological polar surface area (TPSA) is 71.1 Å². The van der Waals surface area contributed by atoms with Crippen molar-refractivity contribution in [1.29, 1.82) is 0 Å². The summed E-state index contributed by atoms with van der Waals surface area (Å²) in [7, 11) is 0. The molecule has 192 valence electrons.